The van der Waals surface area contributed by atoms with Crippen LogP contribution in [0.4, 0.5) is 9.52 Å². The second-order valence-corrected chi connectivity index (χ2v) is 7.47. The Kier molecular flexibility index (Phi) is 7.52. The van der Waals surface area contributed by atoms with Crippen molar-refractivity contribution >= 4 is 34.8 Å². The molecule has 26 heavy (non-hydrogen) atoms. The third kappa shape index (κ3) is 5.01. The first-order valence-electron chi connectivity index (χ1n) is 8.31. The number of nitrogens with one attached hydrogen (secondary N) is 2. The van der Waals surface area contributed by atoms with Gasteiger partial charge in [0.2, 0.25) is 5.91 Å². The van der Waals surface area contributed by atoms with E-state index in [4.69, 9.17) is 4.74 Å². The number of hydrogen-bond acceptors (Lipinski definition) is 5. The zero-order chi connectivity index (χ0) is 17.7. The van der Waals surface area contributed by atoms with Crippen LogP contribution in [0.15, 0.2) is 30.5 Å². The topological polar surface area (TPSA) is 63.2 Å². The number of piperidine rings is 1. The molecule has 0 radical (unpaired) electrons. The molecule has 0 atom stereocenters. The molecule has 1 saturated heterocycles. The maximum Gasteiger partial charge on any atom is 0.234 e. The van der Waals surface area contributed by atoms with Gasteiger partial charge in [0.25, 0.3) is 0 Å². The molecule has 1 aromatic heterocycles. The molecular formula is C18H23ClFN3O2S. The highest BCUT2D eigenvalue weighted by Gasteiger charge is 2.40. The Balaban J connectivity index is 0.00000243. The van der Waals surface area contributed by atoms with Gasteiger partial charge in [-0.2, -0.15) is 0 Å². The minimum Gasteiger partial charge on any atom is -0.384 e. The number of benzene rings is 1. The van der Waals surface area contributed by atoms with Gasteiger partial charge in [-0.25, -0.2) is 9.37 Å². The molecule has 3 rings (SSSR count). The zero-order valence-electron chi connectivity index (χ0n) is 14.6. The number of aromatic nitrogens is 1. The van der Waals surface area contributed by atoms with E-state index in [-0.39, 0.29) is 24.1 Å². The van der Waals surface area contributed by atoms with E-state index < -0.39 is 5.41 Å². The second kappa shape index (κ2) is 9.41. The molecule has 0 saturated carbocycles. The van der Waals surface area contributed by atoms with Crippen LogP contribution < -0.4 is 10.6 Å². The van der Waals surface area contributed by atoms with Gasteiger partial charge in [0, 0.05) is 24.6 Å². The van der Waals surface area contributed by atoms with Gasteiger partial charge < -0.3 is 15.4 Å². The van der Waals surface area contributed by atoms with Crippen LogP contribution in [0.5, 0.6) is 0 Å². The lowest BCUT2D eigenvalue weighted by Gasteiger charge is -2.35. The van der Waals surface area contributed by atoms with Gasteiger partial charge in [0.1, 0.15) is 5.82 Å². The van der Waals surface area contributed by atoms with E-state index >= 15 is 0 Å². The number of rotatable bonds is 6. The molecule has 1 amide bonds. The second-order valence-electron chi connectivity index (χ2n) is 6.36. The fraction of sp³-hybridized carbons (Fsp3) is 0.444. The minimum absolute atomic E-state index is 0. The van der Waals surface area contributed by atoms with E-state index in [0.29, 0.717) is 18.2 Å². The molecular weight excluding hydrogens is 377 g/mol. The van der Waals surface area contributed by atoms with E-state index in [9.17, 15) is 9.18 Å². The number of anilines is 1. The summed E-state index contributed by atoms with van der Waals surface area (Å²) in [5, 5.41) is 6.79. The molecule has 1 aliphatic heterocycles. The Morgan fingerprint density at radius 2 is 2.19 bits per heavy atom. The molecule has 1 fully saturated rings. The molecule has 142 valence electrons. The standard InChI is InChI=1S/C18H22FN3O2S.ClH/c1-24-12-18(5-7-20-8-6-18)16(23)22-17-21-11-15(25-17)10-13-3-2-4-14(19)9-13;/h2-4,9,11,20H,5-8,10,12H2,1H3,(H,21,22,23);1H. The highest BCUT2D eigenvalue weighted by atomic mass is 35.5. The predicted molar refractivity (Wildman–Crippen MR) is 104 cm³/mol. The lowest BCUT2D eigenvalue weighted by molar-refractivity contribution is -0.130. The SMILES string of the molecule is COCC1(C(=O)Nc2ncc(Cc3cccc(F)c3)s2)CCNCC1.Cl. The molecule has 0 spiro atoms. The van der Waals surface area contributed by atoms with Crippen LogP contribution in [0.3, 0.4) is 0 Å². The Morgan fingerprint density at radius 3 is 2.88 bits per heavy atom. The van der Waals surface area contributed by atoms with E-state index in [1.165, 1.54) is 23.5 Å². The quantitative estimate of drug-likeness (QED) is 0.782. The summed E-state index contributed by atoms with van der Waals surface area (Å²) >= 11 is 1.42. The van der Waals surface area contributed by atoms with Crippen LogP contribution in [0, 0.1) is 11.2 Å². The molecule has 2 N–H and O–H groups in total. The predicted octanol–water partition coefficient (Wildman–Crippen LogP) is 3.25. The number of hydrogen-bond donors (Lipinski definition) is 2. The van der Waals surface area contributed by atoms with E-state index in [2.05, 4.69) is 15.6 Å². The van der Waals surface area contributed by atoms with Gasteiger partial charge in [0.05, 0.1) is 12.0 Å². The van der Waals surface area contributed by atoms with Crippen molar-refractivity contribution in [2.75, 3.05) is 32.1 Å². The number of halogens is 2. The lowest BCUT2D eigenvalue weighted by atomic mass is 9.79. The maximum atomic E-state index is 13.3. The van der Waals surface area contributed by atoms with Crippen molar-refractivity contribution in [3.63, 3.8) is 0 Å². The fourth-order valence-electron chi connectivity index (χ4n) is 3.14. The number of carbonyl (C=O) groups is 1. The fourth-order valence-corrected chi connectivity index (χ4v) is 3.99. The summed E-state index contributed by atoms with van der Waals surface area (Å²) in [6, 6.07) is 6.51. The lowest BCUT2D eigenvalue weighted by Crippen LogP contribution is -2.47. The number of carbonyl (C=O) groups excluding carboxylic acids is 1. The normalized spacial score (nSPS) is 15.9. The van der Waals surface area contributed by atoms with Crippen molar-refractivity contribution in [1.29, 1.82) is 0 Å². The molecule has 2 aromatic rings. The molecule has 1 aliphatic rings. The summed E-state index contributed by atoms with van der Waals surface area (Å²) in [7, 11) is 1.62. The minimum atomic E-state index is -0.506. The third-order valence-electron chi connectivity index (χ3n) is 4.50. The Hall–Kier alpha value is -1.54. The Morgan fingerprint density at radius 1 is 1.42 bits per heavy atom. The van der Waals surface area contributed by atoms with Crippen molar-refractivity contribution in [3.05, 3.63) is 46.7 Å². The molecule has 0 unspecified atom stereocenters. The van der Waals surface area contributed by atoms with Gasteiger partial charge in [-0.3, -0.25) is 4.79 Å². The number of nitrogens with zero attached hydrogens (tertiary/aromatic N) is 1. The number of amides is 1. The summed E-state index contributed by atoms with van der Waals surface area (Å²) < 4.78 is 18.6. The monoisotopic (exact) mass is 399 g/mol. The van der Waals surface area contributed by atoms with Gasteiger partial charge in [0.15, 0.2) is 5.13 Å². The summed E-state index contributed by atoms with van der Waals surface area (Å²) in [4.78, 5) is 18.1. The largest absolute Gasteiger partial charge is 0.384 e. The highest BCUT2D eigenvalue weighted by molar-refractivity contribution is 7.15. The number of ether oxygens (including phenoxy) is 1. The first-order valence-corrected chi connectivity index (χ1v) is 9.13. The van der Waals surface area contributed by atoms with E-state index in [1.54, 1.807) is 19.4 Å². The average molecular weight is 400 g/mol. The smallest absolute Gasteiger partial charge is 0.234 e. The van der Waals surface area contributed by atoms with Crippen LogP contribution in [0.2, 0.25) is 0 Å². The van der Waals surface area contributed by atoms with Crippen LogP contribution >= 0.6 is 23.7 Å². The molecule has 0 aliphatic carbocycles. The third-order valence-corrected chi connectivity index (χ3v) is 5.42. The summed E-state index contributed by atoms with van der Waals surface area (Å²) in [6.45, 7) is 2.01. The summed E-state index contributed by atoms with van der Waals surface area (Å²) in [5.74, 6) is -0.287. The molecule has 0 bridgehead atoms. The van der Waals surface area contributed by atoms with Crippen LogP contribution in [-0.4, -0.2) is 37.7 Å². The van der Waals surface area contributed by atoms with Crippen molar-refractivity contribution in [2.45, 2.75) is 19.3 Å². The highest BCUT2D eigenvalue weighted by Crippen LogP contribution is 2.32. The molecule has 8 heteroatoms. The van der Waals surface area contributed by atoms with Crippen molar-refractivity contribution < 1.29 is 13.9 Å². The first kappa shape index (κ1) is 20.8. The summed E-state index contributed by atoms with van der Waals surface area (Å²) in [6.07, 6.45) is 3.82. The van der Waals surface area contributed by atoms with Gasteiger partial charge in [-0.15, -0.1) is 23.7 Å². The maximum absolute atomic E-state index is 13.3. The molecule has 2 heterocycles. The van der Waals surface area contributed by atoms with E-state index in [0.717, 1.165) is 36.4 Å². The summed E-state index contributed by atoms with van der Waals surface area (Å²) in [5.41, 5.74) is 0.379. The van der Waals surface area contributed by atoms with Crippen LogP contribution in [0.25, 0.3) is 0 Å². The Labute approximate surface area is 162 Å². The number of thiazole rings is 1. The Bertz CT molecular complexity index is 729. The molecule has 5 nitrogen and oxygen atoms in total. The van der Waals surface area contributed by atoms with Crippen molar-refractivity contribution in [2.24, 2.45) is 5.41 Å². The number of methoxy groups -OCH3 is 1. The van der Waals surface area contributed by atoms with Crippen LogP contribution in [-0.2, 0) is 16.0 Å². The van der Waals surface area contributed by atoms with Gasteiger partial charge >= 0.3 is 0 Å². The van der Waals surface area contributed by atoms with Gasteiger partial charge in [-0.05, 0) is 43.6 Å². The van der Waals surface area contributed by atoms with Crippen molar-refractivity contribution in [1.82, 2.24) is 10.3 Å². The van der Waals surface area contributed by atoms with Gasteiger partial charge in [-0.1, -0.05) is 12.1 Å². The van der Waals surface area contributed by atoms with E-state index in [1.807, 2.05) is 6.07 Å². The zero-order valence-corrected chi connectivity index (χ0v) is 16.2. The van der Waals surface area contributed by atoms with Crippen LogP contribution in [0.1, 0.15) is 23.3 Å². The van der Waals surface area contributed by atoms with Crippen molar-refractivity contribution in [3.8, 4) is 0 Å². The molecule has 1 aromatic carbocycles. The average Bonchev–Trinajstić information content (AvgIpc) is 3.03. The first-order chi connectivity index (χ1) is 12.1.